The first-order valence-corrected chi connectivity index (χ1v) is 9.00. The molecule has 0 radical (unpaired) electrons. The molecule has 1 aromatic heterocycles. The second kappa shape index (κ2) is 6.88. The van der Waals surface area contributed by atoms with Crippen LogP contribution in [0.4, 0.5) is 11.4 Å². The molecule has 8 nitrogen and oxygen atoms in total. The van der Waals surface area contributed by atoms with Crippen LogP contribution in [0.15, 0.2) is 59.7 Å². The summed E-state index contributed by atoms with van der Waals surface area (Å²) < 4.78 is 0. The lowest BCUT2D eigenvalue weighted by atomic mass is 9.77. The molecule has 3 aromatic rings. The van der Waals surface area contributed by atoms with Crippen molar-refractivity contribution in [2.24, 2.45) is 10.5 Å². The number of hydrazone groups is 1. The van der Waals surface area contributed by atoms with Gasteiger partial charge in [0.1, 0.15) is 5.69 Å². The number of hydrogen-bond acceptors (Lipinski definition) is 6. The zero-order valence-corrected chi connectivity index (χ0v) is 15.7. The van der Waals surface area contributed by atoms with Crippen LogP contribution in [0.2, 0.25) is 0 Å². The van der Waals surface area contributed by atoms with E-state index in [1.54, 1.807) is 16.9 Å². The largest absolute Gasteiger partial charge is 0.278 e. The molecule has 0 aliphatic heterocycles. The maximum absolute atomic E-state index is 10.8. The summed E-state index contributed by atoms with van der Waals surface area (Å²) in [6, 6.07) is 16.0. The van der Waals surface area contributed by atoms with Gasteiger partial charge in [-0.15, -0.1) is 5.10 Å². The van der Waals surface area contributed by atoms with Gasteiger partial charge in [0.15, 0.2) is 0 Å². The second-order valence-corrected chi connectivity index (χ2v) is 7.61. The Bertz CT molecular complexity index is 1040. The van der Waals surface area contributed by atoms with Gasteiger partial charge >= 0.3 is 0 Å². The molecule has 1 aliphatic rings. The quantitative estimate of drug-likeness (QED) is 0.549. The number of nitro groups is 1. The van der Waals surface area contributed by atoms with Crippen molar-refractivity contribution in [1.29, 1.82) is 0 Å². The van der Waals surface area contributed by atoms with Crippen LogP contribution in [0.5, 0.6) is 0 Å². The van der Waals surface area contributed by atoms with Crippen LogP contribution in [0.3, 0.4) is 0 Å². The Hall–Kier alpha value is -3.55. The van der Waals surface area contributed by atoms with Crippen LogP contribution in [0.25, 0.3) is 5.69 Å². The van der Waals surface area contributed by atoms with Gasteiger partial charge in [0.05, 0.1) is 27.7 Å². The molecule has 0 fully saturated rings. The summed E-state index contributed by atoms with van der Waals surface area (Å²) in [6.07, 6.45) is 1.58. The smallest absolute Gasteiger partial charge is 0.269 e. The molecule has 142 valence electrons. The molecule has 0 saturated carbocycles. The van der Waals surface area contributed by atoms with Crippen molar-refractivity contribution in [2.45, 2.75) is 26.7 Å². The number of nitrogens with one attached hydrogen (secondary N) is 1. The number of benzene rings is 2. The molecule has 1 heterocycles. The third-order valence-electron chi connectivity index (χ3n) is 4.63. The van der Waals surface area contributed by atoms with E-state index in [1.165, 1.54) is 12.1 Å². The Morgan fingerprint density at radius 3 is 2.46 bits per heavy atom. The van der Waals surface area contributed by atoms with Crippen LogP contribution in [0.1, 0.15) is 31.7 Å². The van der Waals surface area contributed by atoms with Gasteiger partial charge in [-0.3, -0.25) is 15.5 Å². The molecule has 1 aliphatic carbocycles. The van der Waals surface area contributed by atoms with Crippen molar-refractivity contribution in [1.82, 2.24) is 15.0 Å². The topological polar surface area (TPSA) is 98.2 Å². The van der Waals surface area contributed by atoms with Crippen LogP contribution in [-0.2, 0) is 6.42 Å². The van der Waals surface area contributed by atoms with Gasteiger partial charge < -0.3 is 0 Å². The Labute approximate surface area is 162 Å². The molecular formula is C20H20N6O2. The molecule has 28 heavy (non-hydrogen) atoms. The fourth-order valence-electron chi connectivity index (χ4n) is 3.29. The molecule has 0 atom stereocenters. The lowest BCUT2D eigenvalue weighted by Gasteiger charge is -2.28. The van der Waals surface area contributed by atoms with Gasteiger partial charge in [-0.25, -0.2) is 0 Å². The Morgan fingerprint density at radius 2 is 1.79 bits per heavy atom. The molecule has 8 heteroatoms. The number of para-hydroxylation sites is 1. The first-order chi connectivity index (χ1) is 13.4. The van der Waals surface area contributed by atoms with Crippen molar-refractivity contribution in [3.8, 4) is 5.69 Å². The number of nitrogens with zero attached hydrogens (tertiary/aromatic N) is 5. The highest BCUT2D eigenvalue weighted by atomic mass is 16.6. The van der Waals surface area contributed by atoms with E-state index in [1.807, 2.05) is 30.3 Å². The minimum Gasteiger partial charge on any atom is -0.278 e. The summed E-state index contributed by atoms with van der Waals surface area (Å²) in [5.74, 6) is 0. The maximum atomic E-state index is 10.8. The van der Waals surface area contributed by atoms with Gasteiger partial charge in [-0.1, -0.05) is 32.0 Å². The van der Waals surface area contributed by atoms with Crippen molar-refractivity contribution in [2.75, 3.05) is 5.43 Å². The van der Waals surface area contributed by atoms with E-state index in [2.05, 4.69) is 34.6 Å². The first-order valence-electron chi connectivity index (χ1n) is 9.00. The van der Waals surface area contributed by atoms with Gasteiger partial charge in [0.25, 0.3) is 5.69 Å². The SMILES string of the molecule is CC1(C)C/C(=N/Nc2ccc([N+](=O)[O-])cc2)c2nn(-c3ccccc3)nc2C1. The molecular weight excluding hydrogens is 356 g/mol. The number of anilines is 1. The summed E-state index contributed by atoms with van der Waals surface area (Å²) >= 11 is 0. The second-order valence-electron chi connectivity index (χ2n) is 7.61. The highest BCUT2D eigenvalue weighted by Crippen LogP contribution is 2.34. The molecule has 0 saturated heterocycles. The lowest BCUT2D eigenvalue weighted by molar-refractivity contribution is -0.384. The van der Waals surface area contributed by atoms with Crippen molar-refractivity contribution in [3.05, 3.63) is 76.1 Å². The van der Waals surface area contributed by atoms with E-state index in [4.69, 9.17) is 0 Å². The van der Waals surface area contributed by atoms with E-state index in [9.17, 15) is 10.1 Å². The molecule has 0 spiro atoms. The lowest BCUT2D eigenvalue weighted by Crippen LogP contribution is -2.28. The normalized spacial score (nSPS) is 16.6. The van der Waals surface area contributed by atoms with E-state index >= 15 is 0 Å². The van der Waals surface area contributed by atoms with Gasteiger partial charge in [0.2, 0.25) is 0 Å². The van der Waals surface area contributed by atoms with Crippen LogP contribution < -0.4 is 5.43 Å². The van der Waals surface area contributed by atoms with Gasteiger partial charge in [-0.2, -0.15) is 15.0 Å². The van der Waals surface area contributed by atoms with E-state index < -0.39 is 4.92 Å². The number of rotatable bonds is 4. The molecule has 0 bridgehead atoms. The average molecular weight is 376 g/mol. The summed E-state index contributed by atoms with van der Waals surface area (Å²) in [6.45, 7) is 4.36. The number of non-ortho nitro benzene ring substituents is 1. The minimum atomic E-state index is -0.423. The summed E-state index contributed by atoms with van der Waals surface area (Å²) in [4.78, 5) is 12.0. The van der Waals surface area contributed by atoms with Crippen LogP contribution >= 0.6 is 0 Å². The first kappa shape index (κ1) is 17.8. The molecule has 1 N–H and O–H groups in total. The van der Waals surface area contributed by atoms with Crippen molar-refractivity contribution >= 4 is 17.1 Å². The summed E-state index contributed by atoms with van der Waals surface area (Å²) in [7, 11) is 0. The minimum absolute atomic E-state index is 0.0144. The van der Waals surface area contributed by atoms with Crippen LogP contribution in [-0.4, -0.2) is 25.6 Å². The predicted octanol–water partition coefficient (Wildman–Crippen LogP) is 3.96. The van der Waals surface area contributed by atoms with Crippen molar-refractivity contribution < 1.29 is 4.92 Å². The summed E-state index contributed by atoms with van der Waals surface area (Å²) in [5, 5.41) is 24.7. The number of aromatic nitrogens is 3. The zero-order chi connectivity index (χ0) is 19.7. The van der Waals surface area contributed by atoms with Crippen LogP contribution in [0, 0.1) is 15.5 Å². The number of nitro benzene ring substituents is 1. The van der Waals surface area contributed by atoms with Gasteiger partial charge in [0, 0.05) is 12.1 Å². The Morgan fingerprint density at radius 1 is 1.07 bits per heavy atom. The Balaban J connectivity index is 1.65. The molecule has 0 amide bonds. The highest BCUT2D eigenvalue weighted by molar-refractivity contribution is 6.01. The third-order valence-corrected chi connectivity index (χ3v) is 4.63. The zero-order valence-electron chi connectivity index (χ0n) is 15.7. The number of hydrogen-bond donors (Lipinski definition) is 1. The standard InChI is InChI=1S/C20H20N6O2/c1-20(2)12-17(22-21-14-8-10-16(11-9-14)26(27)28)19-18(13-20)23-25(24-19)15-6-4-3-5-7-15/h3-11,21H,12-13H2,1-2H3/b22-17-. The molecule has 0 unspecified atom stereocenters. The van der Waals surface area contributed by atoms with E-state index in [0.29, 0.717) is 5.69 Å². The van der Waals surface area contributed by atoms with Gasteiger partial charge in [-0.05, 0) is 42.5 Å². The third kappa shape index (κ3) is 3.62. The molecule has 2 aromatic carbocycles. The van der Waals surface area contributed by atoms with E-state index in [0.717, 1.165) is 35.6 Å². The maximum Gasteiger partial charge on any atom is 0.269 e. The van der Waals surface area contributed by atoms with Crippen molar-refractivity contribution in [3.63, 3.8) is 0 Å². The fraction of sp³-hybridized carbons (Fsp3) is 0.250. The predicted molar refractivity (Wildman–Crippen MR) is 107 cm³/mol. The Kier molecular flexibility index (Phi) is 4.38. The highest BCUT2D eigenvalue weighted by Gasteiger charge is 2.33. The fourth-order valence-corrected chi connectivity index (χ4v) is 3.29. The summed E-state index contributed by atoms with van der Waals surface area (Å²) in [5.41, 5.74) is 7.17. The average Bonchev–Trinajstić information content (AvgIpc) is 3.10. The van der Waals surface area contributed by atoms with E-state index in [-0.39, 0.29) is 11.1 Å². The monoisotopic (exact) mass is 376 g/mol. The molecule has 4 rings (SSSR count). The number of fused-ring (bicyclic) bond motifs is 1.